The van der Waals surface area contributed by atoms with Gasteiger partial charge < -0.3 is 9.47 Å². The van der Waals surface area contributed by atoms with Crippen LogP contribution in [0.4, 0.5) is 5.69 Å². The van der Waals surface area contributed by atoms with Gasteiger partial charge in [-0.25, -0.2) is 0 Å². The van der Waals surface area contributed by atoms with Gasteiger partial charge in [-0.3, -0.25) is 0 Å². The highest BCUT2D eigenvalue weighted by Crippen LogP contribution is 2.51. The maximum atomic E-state index is 2.59. The molecule has 0 amide bonds. The van der Waals surface area contributed by atoms with Crippen LogP contribution in [0.25, 0.3) is 27.4 Å². The molecule has 50 heavy (non-hydrogen) atoms. The van der Waals surface area contributed by atoms with Crippen LogP contribution in [0, 0.1) is 11.8 Å². The molecular formula is C48H44N2. The number of para-hydroxylation sites is 2. The van der Waals surface area contributed by atoms with E-state index in [1.54, 1.807) is 0 Å². The lowest BCUT2D eigenvalue weighted by molar-refractivity contribution is 0.548. The molecule has 0 spiro atoms. The molecule has 0 N–H and O–H groups in total. The van der Waals surface area contributed by atoms with Gasteiger partial charge in [-0.1, -0.05) is 109 Å². The summed E-state index contributed by atoms with van der Waals surface area (Å²) in [7, 11) is 0. The smallest absolute Gasteiger partial charge is 0.0560 e. The second-order valence-electron chi connectivity index (χ2n) is 14.9. The molecule has 2 heteroatoms. The molecule has 3 aromatic carbocycles. The summed E-state index contributed by atoms with van der Waals surface area (Å²) in [6, 6.07) is 25.7. The molecule has 0 saturated carbocycles. The van der Waals surface area contributed by atoms with Crippen molar-refractivity contribution in [3.05, 3.63) is 179 Å². The Bertz CT molecular complexity index is 2310. The molecule has 1 aromatic heterocycles. The molecule has 0 fully saturated rings. The normalized spacial score (nSPS) is 25.6. The summed E-state index contributed by atoms with van der Waals surface area (Å²) in [5, 5.41) is 2.72. The van der Waals surface area contributed by atoms with Crippen molar-refractivity contribution >= 4 is 33.1 Å². The SMILES string of the molecule is C1=CCCC(N2C3=CC(C4C=CC=C(c5ccc6c(c5)c5ccccc5n6C5C=CC(C6CC=CCC6)=CC5)C4)=CCC3c3ccccc32)=C1. The lowest BCUT2D eigenvalue weighted by Crippen LogP contribution is -2.22. The minimum absolute atomic E-state index is 0.337. The topological polar surface area (TPSA) is 8.17 Å². The molecule has 2 nitrogen and oxygen atoms in total. The summed E-state index contributed by atoms with van der Waals surface area (Å²) >= 11 is 0. The lowest BCUT2D eigenvalue weighted by Gasteiger charge is -2.30. The highest BCUT2D eigenvalue weighted by Gasteiger charge is 2.37. The molecule has 10 rings (SSSR count). The summed E-state index contributed by atoms with van der Waals surface area (Å²) < 4.78 is 2.59. The Balaban J connectivity index is 0.943. The van der Waals surface area contributed by atoms with Gasteiger partial charge in [0.15, 0.2) is 0 Å². The lowest BCUT2D eigenvalue weighted by atomic mass is 9.80. The molecule has 4 unspecified atom stereocenters. The minimum Gasteiger partial charge on any atom is -0.333 e. The third-order valence-electron chi connectivity index (χ3n) is 12.1. The fourth-order valence-corrected chi connectivity index (χ4v) is 9.59. The second kappa shape index (κ2) is 12.4. The van der Waals surface area contributed by atoms with Gasteiger partial charge in [0.2, 0.25) is 0 Å². The van der Waals surface area contributed by atoms with Crippen LogP contribution in [-0.4, -0.2) is 4.57 Å². The Morgan fingerprint density at radius 2 is 1.60 bits per heavy atom. The summed E-state index contributed by atoms with van der Waals surface area (Å²) in [4.78, 5) is 2.58. The molecule has 0 radical (unpaired) electrons. The van der Waals surface area contributed by atoms with E-state index >= 15 is 0 Å². The van der Waals surface area contributed by atoms with E-state index in [2.05, 4.69) is 155 Å². The van der Waals surface area contributed by atoms with Crippen LogP contribution in [0.15, 0.2) is 168 Å². The predicted octanol–water partition coefficient (Wildman–Crippen LogP) is 12.6. The number of hydrogen-bond acceptors (Lipinski definition) is 1. The standard InChI is InChI=1S/C48H44N2/c1-3-12-33(13-4-1)34-22-26-40(27-23-34)49-46-21-10-8-19-42(46)44-31-37(25-29-47(44)49)35-14-11-15-36(30-35)38-24-28-43-41-18-7-9-20-45(41)50(48(43)32-38)39-16-5-2-6-17-39/h1-3,5,7-11,14-16,18-26,29,31-33,36,40,43H,4,6,12-13,17,27-28,30H2. The zero-order valence-corrected chi connectivity index (χ0v) is 28.7. The van der Waals surface area contributed by atoms with Crippen molar-refractivity contribution in [2.75, 3.05) is 4.90 Å². The van der Waals surface area contributed by atoms with Crippen molar-refractivity contribution in [1.29, 1.82) is 0 Å². The van der Waals surface area contributed by atoms with E-state index in [1.165, 1.54) is 86.0 Å². The highest BCUT2D eigenvalue weighted by molar-refractivity contribution is 6.09. The van der Waals surface area contributed by atoms with Crippen molar-refractivity contribution in [2.45, 2.75) is 63.3 Å². The van der Waals surface area contributed by atoms with Gasteiger partial charge in [0, 0.05) is 50.7 Å². The average molecular weight is 649 g/mol. The van der Waals surface area contributed by atoms with Crippen LogP contribution in [-0.2, 0) is 0 Å². The van der Waals surface area contributed by atoms with Gasteiger partial charge >= 0.3 is 0 Å². The van der Waals surface area contributed by atoms with Crippen LogP contribution in [0.5, 0.6) is 0 Å². The number of fused-ring (bicyclic) bond motifs is 6. The molecule has 6 aliphatic rings. The van der Waals surface area contributed by atoms with E-state index in [1.807, 2.05) is 0 Å². The van der Waals surface area contributed by atoms with E-state index in [-0.39, 0.29) is 0 Å². The Morgan fingerprint density at radius 1 is 0.700 bits per heavy atom. The summed E-state index contributed by atoms with van der Waals surface area (Å²) in [6.45, 7) is 0. The molecule has 4 atom stereocenters. The highest BCUT2D eigenvalue weighted by atomic mass is 15.2. The summed E-state index contributed by atoms with van der Waals surface area (Å²) in [5.74, 6) is 1.50. The van der Waals surface area contributed by atoms with Crippen LogP contribution < -0.4 is 4.90 Å². The van der Waals surface area contributed by atoms with Crippen LogP contribution in [0.2, 0.25) is 0 Å². The van der Waals surface area contributed by atoms with Crippen molar-refractivity contribution in [3.63, 3.8) is 0 Å². The number of benzene rings is 3. The van der Waals surface area contributed by atoms with Gasteiger partial charge in [-0.2, -0.15) is 0 Å². The first kappa shape index (κ1) is 29.8. The van der Waals surface area contributed by atoms with Crippen molar-refractivity contribution in [1.82, 2.24) is 4.57 Å². The van der Waals surface area contributed by atoms with Gasteiger partial charge in [0.25, 0.3) is 0 Å². The molecular weight excluding hydrogens is 605 g/mol. The van der Waals surface area contributed by atoms with Crippen molar-refractivity contribution in [2.24, 2.45) is 11.8 Å². The average Bonchev–Trinajstić information content (AvgIpc) is 3.71. The van der Waals surface area contributed by atoms with E-state index in [4.69, 9.17) is 0 Å². The number of nitrogens with zero attached hydrogens (tertiary/aromatic N) is 2. The number of allylic oxidation sites excluding steroid dienone is 18. The maximum Gasteiger partial charge on any atom is 0.0560 e. The first-order valence-corrected chi connectivity index (χ1v) is 18.9. The van der Waals surface area contributed by atoms with Crippen LogP contribution >= 0.6 is 0 Å². The van der Waals surface area contributed by atoms with Crippen LogP contribution in [0.3, 0.4) is 0 Å². The molecule has 0 bridgehead atoms. The molecule has 5 aliphatic carbocycles. The zero-order chi connectivity index (χ0) is 33.0. The van der Waals surface area contributed by atoms with E-state index in [9.17, 15) is 0 Å². The fourth-order valence-electron chi connectivity index (χ4n) is 9.59. The fraction of sp³-hybridized carbons (Fsp3) is 0.250. The number of hydrogen-bond donors (Lipinski definition) is 0. The number of anilines is 1. The van der Waals surface area contributed by atoms with Crippen molar-refractivity contribution < 1.29 is 0 Å². The molecule has 0 saturated heterocycles. The van der Waals surface area contributed by atoms with Gasteiger partial charge in [-0.05, 0) is 122 Å². The quantitative estimate of drug-likeness (QED) is 0.196. The third-order valence-corrected chi connectivity index (χ3v) is 12.1. The van der Waals surface area contributed by atoms with Crippen LogP contribution in [0.1, 0.15) is 74.5 Å². The van der Waals surface area contributed by atoms with E-state index in [0.717, 1.165) is 32.1 Å². The first-order chi connectivity index (χ1) is 24.8. The molecule has 4 aromatic rings. The van der Waals surface area contributed by atoms with Gasteiger partial charge in [-0.15, -0.1) is 0 Å². The predicted molar refractivity (Wildman–Crippen MR) is 211 cm³/mol. The summed E-state index contributed by atoms with van der Waals surface area (Å²) in [6.07, 6.45) is 40.1. The van der Waals surface area contributed by atoms with E-state index in [0.29, 0.717) is 23.8 Å². The summed E-state index contributed by atoms with van der Waals surface area (Å²) in [5.41, 5.74) is 14.2. The second-order valence-corrected chi connectivity index (χ2v) is 14.9. The van der Waals surface area contributed by atoms with Crippen molar-refractivity contribution in [3.8, 4) is 0 Å². The third kappa shape index (κ3) is 4.99. The first-order valence-electron chi connectivity index (χ1n) is 18.9. The Hall–Kier alpha value is -5.08. The van der Waals surface area contributed by atoms with Gasteiger partial charge in [0.1, 0.15) is 0 Å². The molecule has 2 heterocycles. The number of rotatable bonds is 5. The largest absolute Gasteiger partial charge is 0.333 e. The molecule has 246 valence electrons. The van der Waals surface area contributed by atoms with E-state index < -0.39 is 0 Å². The monoisotopic (exact) mass is 648 g/mol. The molecule has 1 aliphatic heterocycles. The van der Waals surface area contributed by atoms with Gasteiger partial charge in [0.05, 0.1) is 6.04 Å². The number of aromatic nitrogens is 1. The zero-order valence-electron chi connectivity index (χ0n) is 28.7. The Morgan fingerprint density at radius 3 is 2.48 bits per heavy atom. The maximum absolute atomic E-state index is 2.59. The minimum atomic E-state index is 0.337. The Labute approximate surface area is 296 Å². The Kier molecular flexibility index (Phi) is 7.36.